The Morgan fingerprint density at radius 3 is 2.71 bits per heavy atom. The number of rotatable bonds is 6. The number of likely N-dealkylation sites (N-methyl/N-ethyl adjacent to an activating group) is 1. The number of benzene rings is 1. The van der Waals surface area contributed by atoms with Crippen LogP contribution in [0.4, 0.5) is 0 Å². The predicted octanol–water partition coefficient (Wildman–Crippen LogP) is 1.39. The molecule has 1 saturated heterocycles. The number of ether oxygens (including phenoxy) is 1. The van der Waals surface area contributed by atoms with Crippen molar-refractivity contribution in [3.8, 4) is 5.75 Å². The summed E-state index contributed by atoms with van der Waals surface area (Å²) in [5.41, 5.74) is 0.548. The number of para-hydroxylation sites is 1. The molecular formula is C15H21NO4S. The average Bonchev–Trinajstić information content (AvgIpc) is 2.80. The monoisotopic (exact) mass is 311 g/mol. The van der Waals surface area contributed by atoms with Gasteiger partial charge in [0, 0.05) is 6.04 Å². The van der Waals surface area contributed by atoms with Gasteiger partial charge in [-0.15, -0.1) is 0 Å². The molecule has 1 aliphatic rings. The summed E-state index contributed by atoms with van der Waals surface area (Å²) < 4.78 is 28.5. The summed E-state index contributed by atoms with van der Waals surface area (Å²) in [6, 6.07) is 7.08. The van der Waals surface area contributed by atoms with E-state index in [0.29, 0.717) is 24.3 Å². The Bertz CT molecular complexity index is 612. The largest absolute Gasteiger partial charge is 0.493 e. The van der Waals surface area contributed by atoms with E-state index in [9.17, 15) is 13.2 Å². The first-order chi connectivity index (χ1) is 9.93. The highest BCUT2D eigenvalue weighted by molar-refractivity contribution is 7.91. The van der Waals surface area contributed by atoms with Crippen molar-refractivity contribution in [1.29, 1.82) is 0 Å². The van der Waals surface area contributed by atoms with E-state index in [2.05, 4.69) is 0 Å². The standard InChI is InChI=1S/C15H21NO4S/c1-3-20-15-7-5-4-6-13(15)14(17)10-16(2)12-8-9-21(18,19)11-12/h4-7,12H,3,8-11H2,1-2H3. The first kappa shape index (κ1) is 16.0. The first-order valence-corrected chi connectivity index (χ1v) is 8.91. The van der Waals surface area contributed by atoms with Crippen LogP contribution in [0.15, 0.2) is 24.3 Å². The molecule has 2 rings (SSSR count). The van der Waals surface area contributed by atoms with Crippen LogP contribution in [-0.4, -0.2) is 56.8 Å². The Balaban J connectivity index is 2.05. The smallest absolute Gasteiger partial charge is 0.180 e. The highest BCUT2D eigenvalue weighted by Crippen LogP contribution is 2.21. The Morgan fingerprint density at radius 2 is 2.10 bits per heavy atom. The minimum atomic E-state index is -2.94. The molecule has 0 amide bonds. The molecule has 0 bridgehead atoms. The molecule has 1 atom stereocenters. The number of carbonyl (C=O) groups excluding carboxylic acids is 1. The predicted molar refractivity (Wildman–Crippen MR) is 81.6 cm³/mol. The Hall–Kier alpha value is -1.40. The van der Waals surface area contributed by atoms with E-state index in [-0.39, 0.29) is 29.9 Å². The van der Waals surface area contributed by atoms with E-state index in [1.807, 2.05) is 17.9 Å². The summed E-state index contributed by atoms with van der Waals surface area (Å²) in [4.78, 5) is 14.2. The molecule has 0 aliphatic carbocycles. The molecule has 1 aliphatic heterocycles. The molecule has 21 heavy (non-hydrogen) atoms. The van der Waals surface area contributed by atoms with Gasteiger partial charge in [0.25, 0.3) is 0 Å². The summed E-state index contributed by atoms with van der Waals surface area (Å²) in [5.74, 6) is 0.888. The summed E-state index contributed by atoms with van der Waals surface area (Å²) in [5, 5.41) is 0. The normalized spacial score (nSPS) is 20.6. The van der Waals surface area contributed by atoms with E-state index in [1.54, 1.807) is 25.2 Å². The summed E-state index contributed by atoms with van der Waals surface area (Å²) in [6.07, 6.45) is 0.596. The van der Waals surface area contributed by atoms with Crippen molar-refractivity contribution < 1.29 is 17.9 Å². The van der Waals surface area contributed by atoms with Gasteiger partial charge in [0.1, 0.15) is 5.75 Å². The van der Waals surface area contributed by atoms with Gasteiger partial charge in [0.05, 0.1) is 30.2 Å². The number of Topliss-reactive ketones (excluding diaryl/α,β-unsaturated/α-hetero) is 1. The van der Waals surface area contributed by atoms with Crippen molar-refractivity contribution in [3.05, 3.63) is 29.8 Å². The van der Waals surface area contributed by atoms with Crippen LogP contribution < -0.4 is 4.74 Å². The van der Waals surface area contributed by atoms with Gasteiger partial charge in [0.2, 0.25) is 0 Å². The molecule has 0 N–H and O–H groups in total. The maximum absolute atomic E-state index is 12.4. The van der Waals surface area contributed by atoms with Crippen LogP contribution in [0.25, 0.3) is 0 Å². The summed E-state index contributed by atoms with van der Waals surface area (Å²) in [7, 11) is -1.14. The Morgan fingerprint density at radius 1 is 1.38 bits per heavy atom. The molecule has 116 valence electrons. The zero-order valence-corrected chi connectivity index (χ0v) is 13.2. The molecule has 5 nitrogen and oxygen atoms in total. The third kappa shape index (κ3) is 4.04. The lowest BCUT2D eigenvalue weighted by molar-refractivity contribution is 0.0923. The number of hydrogen-bond acceptors (Lipinski definition) is 5. The number of ketones is 1. The molecule has 1 fully saturated rings. The fraction of sp³-hybridized carbons (Fsp3) is 0.533. The molecular weight excluding hydrogens is 290 g/mol. The molecule has 1 unspecified atom stereocenters. The molecule has 1 aromatic rings. The number of sulfone groups is 1. The Labute approximate surface area is 125 Å². The van der Waals surface area contributed by atoms with Gasteiger partial charge in [-0.1, -0.05) is 12.1 Å². The van der Waals surface area contributed by atoms with Crippen LogP contribution in [0.3, 0.4) is 0 Å². The molecule has 0 spiro atoms. The fourth-order valence-electron chi connectivity index (χ4n) is 2.54. The zero-order chi connectivity index (χ0) is 15.5. The Kier molecular flexibility index (Phi) is 5.00. The van der Waals surface area contributed by atoms with Crippen LogP contribution in [0, 0.1) is 0 Å². The van der Waals surface area contributed by atoms with Crippen molar-refractivity contribution in [2.45, 2.75) is 19.4 Å². The third-order valence-electron chi connectivity index (χ3n) is 3.71. The minimum Gasteiger partial charge on any atom is -0.493 e. The fourth-order valence-corrected chi connectivity index (χ4v) is 4.35. The van der Waals surface area contributed by atoms with Gasteiger partial charge in [-0.2, -0.15) is 0 Å². The van der Waals surface area contributed by atoms with Crippen LogP contribution in [0.5, 0.6) is 5.75 Å². The maximum atomic E-state index is 12.4. The van der Waals surface area contributed by atoms with E-state index in [1.165, 1.54) is 0 Å². The molecule has 1 heterocycles. The SMILES string of the molecule is CCOc1ccccc1C(=O)CN(C)C1CCS(=O)(=O)C1. The maximum Gasteiger partial charge on any atom is 0.180 e. The second kappa shape index (κ2) is 6.58. The van der Waals surface area contributed by atoms with Gasteiger partial charge < -0.3 is 4.74 Å². The van der Waals surface area contributed by atoms with Crippen LogP contribution in [0.2, 0.25) is 0 Å². The first-order valence-electron chi connectivity index (χ1n) is 7.08. The van der Waals surface area contributed by atoms with Gasteiger partial charge in [0.15, 0.2) is 15.6 Å². The van der Waals surface area contributed by atoms with E-state index in [4.69, 9.17) is 4.74 Å². The van der Waals surface area contributed by atoms with E-state index < -0.39 is 9.84 Å². The van der Waals surface area contributed by atoms with Crippen molar-refractivity contribution in [2.75, 3.05) is 31.7 Å². The van der Waals surface area contributed by atoms with Gasteiger partial charge >= 0.3 is 0 Å². The molecule has 0 saturated carbocycles. The topological polar surface area (TPSA) is 63.7 Å². The van der Waals surface area contributed by atoms with Crippen LogP contribution in [0.1, 0.15) is 23.7 Å². The van der Waals surface area contributed by atoms with E-state index in [0.717, 1.165) is 0 Å². The zero-order valence-electron chi connectivity index (χ0n) is 12.4. The van der Waals surface area contributed by atoms with Crippen LogP contribution >= 0.6 is 0 Å². The quantitative estimate of drug-likeness (QED) is 0.743. The summed E-state index contributed by atoms with van der Waals surface area (Å²) >= 11 is 0. The third-order valence-corrected chi connectivity index (χ3v) is 5.46. The van der Waals surface area contributed by atoms with Crippen LogP contribution in [-0.2, 0) is 9.84 Å². The van der Waals surface area contributed by atoms with Gasteiger partial charge in [-0.3, -0.25) is 9.69 Å². The highest BCUT2D eigenvalue weighted by atomic mass is 32.2. The number of nitrogens with zero attached hydrogens (tertiary/aromatic N) is 1. The number of hydrogen-bond donors (Lipinski definition) is 0. The van der Waals surface area contributed by atoms with Gasteiger partial charge in [-0.25, -0.2) is 8.42 Å². The lowest BCUT2D eigenvalue weighted by Crippen LogP contribution is -2.36. The van der Waals surface area contributed by atoms with Gasteiger partial charge in [-0.05, 0) is 32.5 Å². The minimum absolute atomic E-state index is 0.0501. The number of carbonyl (C=O) groups is 1. The average molecular weight is 311 g/mol. The second-order valence-corrected chi connectivity index (χ2v) is 7.55. The van der Waals surface area contributed by atoms with E-state index >= 15 is 0 Å². The van der Waals surface area contributed by atoms with Crippen molar-refractivity contribution in [3.63, 3.8) is 0 Å². The second-order valence-electron chi connectivity index (χ2n) is 5.32. The molecule has 1 aromatic carbocycles. The van der Waals surface area contributed by atoms with Crippen molar-refractivity contribution >= 4 is 15.6 Å². The molecule has 0 radical (unpaired) electrons. The molecule has 6 heteroatoms. The van der Waals surface area contributed by atoms with Crippen molar-refractivity contribution in [1.82, 2.24) is 4.90 Å². The molecule has 0 aromatic heterocycles. The lowest BCUT2D eigenvalue weighted by atomic mass is 10.1. The van der Waals surface area contributed by atoms with Crippen molar-refractivity contribution in [2.24, 2.45) is 0 Å². The highest BCUT2D eigenvalue weighted by Gasteiger charge is 2.31. The lowest BCUT2D eigenvalue weighted by Gasteiger charge is -2.22. The summed E-state index contributed by atoms with van der Waals surface area (Å²) in [6.45, 7) is 2.57.